The normalized spacial score (nSPS) is 22.7. The lowest BCUT2D eigenvalue weighted by molar-refractivity contribution is -0.150. The van der Waals surface area contributed by atoms with Crippen molar-refractivity contribution in [2.24, 2.45) is 0 Å². The van der Waals surface area contributed by atoms with E-state index in [-0.39, 0.29) is 11.9 Å². The third-order valence-electron chi connectivity index (χ3n) is 2.99. The van der Waals surface area contributed by atoms with Crippen molar-refractivity contribution in [1.82, 2.24) is 9.78 Å². The number of nitrogens with zero attached hydrogens (tertiary/aromatic N) is 2. The zero-order chi connectivity index (χ0) is 14.0. The highest BCUT2D eigenvalue weighted by molar-refractivity contribution is 5.94. The first-order chi connectivity index (χ1) is 8.97. The zero-order valence-electron chi connectivity index (χ0n) is 10.9. The number of carbonyl (C=O) groups excluding carboxylic acids is 1. The molecule has 7 nitrogen and oxygen atoms in total. The molecule has 1 fully saturated rings. The number of anilines is 1. The van der Waals surface area contributed by atoms with Gasteiger partial charge in [0.25, 0.3) is 5.91 Å². The summed E-state index contributed by atoms with van der Waals surface area (Å²) < 4.78 is 6.90. The molecular weight excluding hydrogens is 250 g/mol. The standard InChI is InChI=1S/C12H17N3O4/c1-7(2)15-6-8(5-13-15)14-11(16)9-3-4-10(19-9)12(17)18/h5-7,9-10H,3-4H2,1-2H3,(H,14,16)(H,17,18)/t9-,10+/m0/s1. The third-order valence-corrected chi connectivity index (χ3v) is 2.99. The van der Waals surface area contributed by atoms with Crippen LogP contribution >= 0.6 is 0 Å². The summed E-state index contributed by atoms with van der Waals surface area (Å²) in [5.41, 5.74) is 0.584. The maximum absolute atomic E-state index is 11.9. The monoisotopic (exact) mass is 267 g/mol. The highest BCUT2D eigenvalue weighted by Crippen LogP contribution is 2.21. The Labute approximate surface area is 110 Å². The Hall–Kier alpha value is -1.89. The van der Waals surface area contributed by atoms with Gasteiger partial charge in [0.2, 0.25) is 0 Å². The van der Waals surface area contributed by atoms with Gasteiger partial charge in [0.05, 0.1) is 11.9 Å². The molecule has 104 valence electrons. The molecule has 0 unspecified atom stereocenters. The van der Waals surface area contributed by atoms with Gasteiger partial charge in [0.1, 0.15) is 6.10 Å². The molecule has 7 heteroatoms. The van der Waals surface area contributed by atoms with Crippen molar-refractivity contribution in [2.45, 2.75) is 44.9 Å². The largest absolute Gasteiger partial charge is 0.479 e. The number of carboxylic acid groups (broad SMARTS) is 1. The molecule has 0 bridgehead atoms. The molecule has 2 heterocycles. The number of ether oxygens (including phenoxy) is 1. The van der Waals surface area contributed by atoms with Gasteiger partial charge < -0.3 is 15.2 Å². The number of nitrogens with one attached hydrogen (secondary N) is 1. The van der Waals surface area contributed by atoms with Gasteiger partial charge in [0, 0.05) is 12.2 Å². The molecule has 2 N–H and O–H groups in total. The summed E-state index contributed by atoms with van der Waals surface area (Å²) in [6.45, 7) is 3.96. The highest BCUT2D eigenvalue weighted by Gasteiger charge is 2.34. The molecule has 2 atom stereocenters. The van der Waals surface area contributed by atoms with Gasteiger partial charge in [-0.1, -0.05) is 0 Å². The van der Waals surface area contributed by atoms with E-state index in [1.165, 1.54) is 0 Å². The van der Waals surface area contributed by atoms with Crippen molar-refractivity contribution < 1.29 is 19.4 Å². The van der Waals surface area contributed by atoms with Crippen LogP contribution in [0.2, 0.25) is 0 Å². The van der Waals surface area contributed by atoms with Crippen molar-refractivity contribution >= 4 is 17.6 Å². The molecule has 0 aromatic carbocycles. The molecule has 19 heavy (non-hydrogen) atoms. The average molecular weight is 267 g/mol. The number of aromatic nitrogens is 2. The molecule has 1 aliphatic rings. The predicted octanol–water partition coefficient (Wildman–Crippen LogP) is 1.03. The summed E-state index contributed by atoms with van der Waals surface area (Å²) in [4.78, 5) is 22.6. The molecule has 0 radical (unpaired) electrons. The van der Waals surface area contributed by atoms with Crippen LogP contribution in [0.25, 0.3) is 0 Å². The molecule has 1 amide bonds. The maximum Gasteiger partial charge on any atom is 0.332 e. The second kappa shape index (κ2) is 5.40. The van der Waals surface area contributed by atoms with Crippen LogP contribution in [-0.2, 0) is 14.3 Å². The minimum Gasteiger partial charge on any atom is -0.479 e. The molecular formula is C12H17N3O4. The predicted molar refractivity (Wildman–Crippen MR) is 66.8 cm³/mol. The van der Waals surface area contributed by atoms with Crippen LogP contribution in [0.4, 0.5) is 5.69 Å². The minimum absolute atomic E-state index is 0.213. The van der Waals surface area contributed by atoms with Crippen LogP contribution in [0.5, 0.6) is 0 Å². The number of hydrogen-bond acceptors (Lipinski definition) is 4. The van der Waals surface area contributed by atoms with Crippen molar-refractivity contribution in [3.05, 3.63) is 12.4 Å². The van der Waals surface area contributed by atoms with Crippen LogP contribution in [-0.4, -0.2) is 39.0 Å². The molecule has 1 aromatic heterocycles. The maximum atomic E-state index is 11.9. The summed E-state index contributed by atoms with van der Waals surface area (Å²) in [6, 6.07) is 0.213. The van der Waals surface area contributed by atoms with E-state index in [4.69, 9.17) is 9.84 Å². The van der Waals surface area contributed by atoms with Gasteiger partial charge in [0.15, 0.2) is 6.10 Å². The molecule has 1 aromatic rings. The van der Waals surface area contributed by atoms with Gasteiger partial charge in [-0.2, -0.15) is 5.10 Å². The van der Waals surface area contributed by atoms with Crippen LogP contribution in [0.1, 0.15) is 32.7 Å². The summed E-state index contributed by atoms with van der Waals surface area (Å²) in [5, 5.41) is 15.6. The number of amides is 1. The Bertz CT molecular complexity index is 483. The van der Waals surface area contributed by atoms with E-state index in [9.17, 15) is 9.59 Å². The van der Waals surface area contributed by atoms with Gasteiger partial charge in [-0.3, -0.25) is 9.48 Å². The van der Waals surface area contributed by atoms with Crippen molar-refractivity contribution in [1.29, 1.82) is 0 Å². The van der Waals surface area contributed by atoms with E-state index in [1.54, 1.807) is 17.1 Å². The molecule has 2 rings (SSSR count). The molecule has 0 spiro atoms. The Morgan fingerprint density at radius 2 is 2.16 bits per heavy atom. The first-order valence-electron chi connectivity index (χ1n) is 6.20. The highest BCUT2D eigenvalue weighted by atomic mass is 16.5. The summed E-state index contributed by atoms with van der Waals surface area (Å²) in [7, 11) is 0. The Kier molecular flexibility index (Phi) is 3.84. The second-order valence-electron chi connectivity index (χ2n) is 4.82. The molecule has 1 aliphatic heterocycles. The molecule has 1 saturated heterocycles. The number of aliphatic carboxylic acids is 1. The van der Waals surface area contributed by atoms with Crippen molar-refractivity contribution in [3.63, 3.8) is 0 Å². The lowest BCUT2D eigenvalue weighted by atomic mass is 10.2. The van der Waals surface area contributed by atoms with E-state index in [0.717, 1.165) is 0 Å². The zero-order valence-corrected chi connectivity index (χ0v) is 10.9. The quantitative estimate of drug-likeness (QED) is 0.850. The summed E-state index contributed by atoms with van der Waals surface area (Å²) in [5.74, 6) is -1.35. The minimum atomic E-state index is -1.03. The lowest BCUT2D eigenvalue weighted by Crippen LogP contribution is -2.29. The van der Waals surface area contributed by atoms with E-state index >= 15 is 0 Å². The van der Waals surface area contributed by atoms with Crippen LogP contribution in [0.3, 0.4) is 0 Å². The Morgan fingerprint density at radius 1 is 1.47 bits per heavy atom. The van der Waals surface area contributed by atoms with E-state index in [0.29, 0.717) is 18.5 Å². The SMILES string of the molecule is CC(C)n1cc(NC(=O)[C@@H]2CC[C@H](C(=O)O)O2)cn1. The fourth-order valence-electron chi connectivity index (χ4n) is 1.92. The third kappa shape index (κ3) is 3.11. The van der Waals surface area contributed by atoms with E-state index in [2.05, 4.69) is 10.4 Å². The number of hydrogen-bond donors (Lipinski definition) is 2. The Morgan fingerprint density at radius 3 is 2.68 bits per heavy atom. The fraction of sp³-hybridized carbons (Fsp3) is 0.583. The van der Waals surface area contributed by atoms with Crippen LogP contribution in [0, 0.1) is 0 Å². The van der Waals surface area contributed by atoms with Crippen LogP contribution in [0.15, 0.2) is 12.4 Å². The number of rotatable bonds is 4. The van der Waals surface area contributed by atoms with Crippen LogP contribution < -0.4 is 5.32 Å². The summed E-state index contributed by atoms with van der Waals surface area (Å²) in [6.07, 6.45) is 2.48. The van der Waals surface area contributed by atoms with E-state index in [1.807, 2.05) is 13.8 Å². The topological polar surface area (TPSA) is 93.5 Å². The molecule has 0 aliphatic carbocycles. The van der Waals surface area contributed by atoms with E-state index < -0.39 is 18.2 Å². The fourth-order valence-corrected chi connectivity index (χ4v) is 1.92. The van der Waals surface area contributed by atoms with Crippen molar-refractivity contribution in [3.8, 4) is 0 Å². The van der Waals surface area contributed by atoms with Crippen molar-refractivity contribution in [2.75, 3.05) is 5.32 Å². The number of carboxylic acids is 1. The lowest BCUT2D eigenvalue weighted by Gasteiger charge is -2.10. The molecule has 0 saturated carbocycles. The van der Waals surface area contributed by atoms with Gasteiger partial charge in [-0.05, 0) is 26.7 Å². The Balaban J connectivity index is 1.92. The smallest absolute Gasteiger partial charge is 0.332 e. The second-order valence-corrected chi connectivity index (χ2v) is 4.82. The first-order valence-corrected chi connectivity index (χ1v) is 6.20. The average Bonchev–Trinajstić information content (AvgIpc) is 2.96. The van der Waals surface area contributed by atoms with Gasteiger partial charge >= 0.3 is 5.97 Å². The first kappa shape index (κ1) is 13.5. The summed E-state index contributed by atoms with van der Waals surface area (Å²) >= 11 is 0. The van der Waals surface area contributed by atoms with Gasteiger partial charge in [-0.15, -0.1) is 0 Å². The number of carbonyl (C=O) groups is 2. The van der Waals surface area contributed by atoms with Gasteiger partial charge in [-0.25, -0.2) is 4.79 Å².